The lowest BCUT2D eigenvalue weighted by Gasteiger charge is -2.35. The topological polar surface area (TPSA) is 61.4 Å². The molecule has 5 nitrogen and oxygen atoms in total. The molecule has 20 heavy (non-hydrogen) atoms. The zero-order valence-electron chi connectivity index (χ0n) is 12.8. The summed E-state index contributed by atoms with van der Waals surface area (Å²) in [6.07, 6.45) is 6.26. The predicted octanol–water partition coefficient (Wildman–Crippen LogP) is 1.47. The van der Waals surface area contributed by atoms with Gasteiger partial charge in [-0.1, -0.05) is 19.8 Å². The van der Waals surface area contributed by atoms with E-state index in [9.17, 15) is 8.42 Å². The van der Waals surface area contributed by atoms with Crippen molar-refractivity contribution < 1.29 is 8.42 Å². The Morgan fingerprint density at radius 3 is 2.60 bits per heavy atom. The van der Waals surface area contributed by atoms with Gasteiger partial charge in [0.15, 0.2) is 0 Å². The third-order valence-electron chi connectivity index (χ3n) is 4.59. The second kappa shape index (κ2) is 6.73. The van der Waals surface area contributed by atoms with Crippen molar-refractivity contribution in [2.24, 2.45) is 5.92 Å². The highest BCUT2D eigenvalue weighted by Gasteiger charge is 2.37. The maximum atomic E-state index is 12.6. The minimum Gasteiger partial charge on any atom is -0.317 e. The fourth-order valence-electron chi connectivity index (χ4n) is 3.39. The smallest absolute Gasteiger partial charge is 0.279 e. The molecule has 1 atom stereocenters. The van der Waals surface area contributed by atoms with Crippen molar-refractivity contribution in [2.75, 3.05) is 26.2 Å². The molecule has 2 fully saturated rings. The van der Waals surface area contributed by atoms with Crippen molar-refractivity contribution in [3.8, 4) is 0 Å². The van der Waals surface area contributed by atoms with E-state index < -0.39 is 10.2 Å². The molecule has 1 unspecified atom stereocenters. The molecule has 0 spiro atoms. The van der Waals surface area contributed by atoms with E-state index >= 15 is 0 Å². The highest BCUT2D eigenvalue weighted by Crippen LogP contribution is 2.30. The van der Waals surface area contributed by atoms with E-state index in [4.69, 9.17) is 0 Å². The Bertz CT molecular complexity index is 405. The maximum absolute atomic E-state index is 12.6. The number of nitrogens with zero attached hydrogens (tertiary/aromatic N) is 1. The Balaban J connectivity index is 1.94. The van der Waals surface area contributed by atoms with Crippen LogP contribution in [0.15, 0.2) is 0 Å². The molecular formula is C14H29N3O2S. The van der Waals surface area contributed by atoms with E-state index in [0.29, 0.717) is 19.0 Å². The zero-order valence-corrected chi connectivity index (χ0v) is 13.6. The SMILES string of the molecule is CCNCC1CCCN(S(=O)(=O)NC2(C)CCCC2)C1. The van der Waals surface area contributed by atoms with E-state index in [2.05, 4.69) is 17.0 Å². The van der Waals surface area contributed by atoms with Gasteiger partial charge in [-0.2, -0.15) is 17.4 Å². The van der Waals surface area contributed by atoms with Gasteiger partial charge in [0.25, 0.3) is 10.2 Å². The molecule has 0 amide bonds. The van der Waals surface area contributed by atoms with Crippen LogP contribution in [0.25, 0.3) is 0 Å². The molecule has 0 radical (unpaired) electrons. The van der Waals surface area contributed by atoms with Crippen LogP contribution in [0.5, 0.6) is 0 Å². The highest BCUT2D eigenvalue weighted by molar-refractivity contribution is 7.87. The van der Waals surface area contributed by atoms with Crippen LogP contribution in [-0.4, -0.2) is 44.4 Å². The van der Waals surface area contributed by atoms with Crippen LogP contribution in [0.4, 0.5) is 0 Å². The quantitative estimate of drug-likeness (QED) is 0.781. The van der Waals surface area contributed by atoms with Gasteiger partial charge in [-0.05, 0) is 51.6 Å². The summed E-state index contributed by atoms with van der Waals surface area (Å²) in [4.78, 5) is 0. The standard InChI is InChI=1S/C14H29N3O2S/c1-3-15-11-13-7-6-10-17(12-13)20(18,19)16-14(2)8-4-5-9-14/h13,15-16H,3-12H2,1-2H3. The van der Waals surface area contributed by atoms with Gasteiger partial charge >= 0.3 is 0 Å². The number of rotatable bonds is 6. The molecule has 6 heteroatoms. The number of hydrogen-bond acceptors (Lipinski definition) is 3. The molecule has 2 aliphatic rings. The summed E-state index contributed by atoms with van der Waals surface area (Å²) in [5.41, 5.74) is -0.229. The van der Waals surface area contributed by atoms with Gasteiger partial charge in [0.2, 0.25) is 0 Å². The van der Waals surface area contributed by atoms with Crippen LogP contribution < -0.4 is 10.0 Å². The number of nitrogens with one attached hydrogen (secondary N) is 2. The zero-order chi connectivity index (χ0) is 14.6. The Hall–Kier alpha value is -0.170. The monoisotopic (exact) mass is 303 g/mol. The van der Waals surface area contributed by atoms with E-state index in [0.717, 1.165) is 51.6 Å². The summed E-state index contributed by atoms with van der Waals surface area (Å²) in [5, 5.41) is 3.33. The molecular weight excluding hydrogens is 274 g/mol. The Morgan fingerprint density at radius 2 is 1.95 bits per heavy atom. The van der Waals surface area contributed by atoms with E-state index in [1.165, 1.54) is 0 Å². The Morgan fingerprint density at radius 1 is 1.25 bits per heavy atom. The van der Waals surface area contributed by atoms with Crippen molar-refractivity contribution in [1.29, 1.82) is 0 Å². The normalized spacial score (nSPS) is 27.8. The van der Waals surface area contributed by atoms with Crippen molar-refractivity contribution in [1.82, 2.24) is 14.3 Å². The van der Waals surface area contributed by atoms with Crippen molar-refractivity contribution in [3.05, 3.63) is 0 Å². The minimum atomic E-state index is -3.33. The van der Waals surface area contributed by atoms with Crippen LogP contribution in [0.1, 0.15) is 52.4 Å². The molecule has 0 aromatic rings. The maximum Gasteiger partial charge on any atom is 0.279 e. The lowest BCUT2D eigenvalue weighted by atomic mass is 10.00. The summed E-state index contributed by atoms with van der Waals surface area (Å²) in [6.45, 7) is 7.29. The van der Waals surface area contributed by atoms with Gasteiger partial charge in [-0.25, -0.2) is 0 Å². The molecule has 1 aliphatic heterocycles. The second-order valence-electron chi connectivity index (χ2n) is 6.55. The first-order chi connectivity index (χ1) is 9.45. The second-order valence-corrected chi connectivity index (χ2v) is 8.22. The lowest BCUT2D eigenvalue weighted by molar-refractivity contribution is 0.254. The minimum absolute atomic E-state index is 0.229. The van der Waals surface area contributed by atoms with E-state index in [1.54, 1.807) is 4.31 Å². The predicted molar refractivity (Wildman–Crippen MR) is 81.8 cm³/mol. The van der Waals surface area contributed by atoms with E-state index in [1.807, 2.05) is 6.92 Å². The first-order valence-electron chi connectivity index (χ1n) is 7.95. The summed E-state index contributed by atoms with van der Waals surface area (Å²) in [5.74, 6) is 0.441. The number of hydrogen-bond donors (Lipinski definition) is 2. The molecule has 1 aliphatic carbocycles. The molecule has 2 N–H and O–H groups in total. The van der Waals surface area contributed by atoms with Gasteiger partial charge in [-0.15, -0.1) is 0 Å². The van der Waals surface area contributed by atoms with Crippen LogP contribution in [-0.2, 0) is 10.2 Å². The third-order valence-corrected chi connectivity index (χ3v) is 6.35. The Kier molecular flexibility index (Phi) is 5.45. The highest BCUT2D eigenvalue weighted by atomic mass is 32.2. The van der Waals surface area contributed by atoms with Crippen LogP contribution in [0, 0.1) is 5.92 Å². The van der Waals surface area contributed by atoms with Crippen molar-refractivity contribution in [3.63, 3.8) is 0 Å². The molecule has 1 heterocycles. The molecule has 0 aromatic carbocycles. The van der Waals surface area contributed by atoms with E-state index in [-0.39, 0.29) is 5.54 Å². The average molecular weight is 303 g/mol. The fraction of sp³-hybridized carbons (Fsp3) is 1.00. The average Bonchev–Trinajstić information content (AvgIpc) is 2.82. The number of piperidine rings is 1. The van der Waals surface area contributed by atoms with Crippen LogP contribution in [0.2, 0.25) is 0 Å². The largest absolute Gasteiger partial charge is 0.317 e. The summed E-state index contributed by atoms with van der Waals surface area (Å²) >= 11 is 0. The van der Waals surface area contributed by atoms with Gasteiger partial charge < -0.3 is 5.32 Å². The summed E-state index contributed by atoms with van der Waals surface area (Å²) in [6, 6.07) is 0. The van der Waals surface area contributed by atoms with Gasteiger partial charge in [0, 0.05) is 18.6 Å². The van der Waals surface area contributed by atoms with Crippen LogP contribution >= 0.6 is 0 Å². The summed E-state index contributed by atoms with van der Waals surface area (Å²) < 4.78 is 29.7. The molecule has 1 saturated heterocycles. The molecule has 118 valence electrons. The van der Waals surface area contributed by atoms with Gasteiger partial charge in [0.05, 0.1) is 0 Å². The third kappa shape index (κ3) is 4.16. The first kappa shape index (κ1) is 16.2. The lowest BCUT2D eigenvalue weighted by Crippen LogP contribution is -2.53. The molecule has 2 rings (SSSR count). The summed E-state index contributed by atoms with van der Waals surface area (Å²) in [7, 11) is -3.33. The van der Waals surface area contributed by atoms with Crippen molar-refractivity contribution >= 4 is 10.2 Å². The molecule has 0 bridgehead atoms. The molecule has 1 saturated carbocycles. The van der Waals surface area contributed by atoms with Crippen molar-refractivity contribution in [2.45, 2.75) is 57.9 Å². The molecule has 0 aromatic heterocycles. The van der Waals surface area contributed by atoms with Gasteiger partial charge in [0.1, 0.15) is 0 Å². The first-order valence-corrected chi connectivity index (χ1v) is 9.39. The Labute approximate surface area is 123 Å². The fourth-order valence-corrected chi connectivity index (χ4v) is 5.13. The van der Waals surface area contributed by atoms with Gasteiger partial charge in [-0.3, -0.25) is 0 Å². The van der Waals surface area contributed by atoms with Crippen LogP contribution in [0.3, 0.4) is 0 Å².